The Bertz CT molecular complexity index is 705. The summed E-state index contributed by atoms with van der Waals surface area (Å²) >= 11 is 0. The van der Waals surface area contributed by atoms with Crippen LogP contribution in [-0.2, 0) is 11.3 Å². The SMILES string of the molecule is COCCN(CC(C)C)C(=O)c1cccc(OCc2c(C)noc2C)c1. The topological polar surface area (TPSA) is 64.8 Å². The third kappa shape index (κ3) is 5.33. The summed E-state index contributed by atoms with van der Waals surface area (Å²) in [7, 11) is 1.64. The molecule has 6 heteroatoms. The zero-order valence-electron chi connectivity index (χ0n) is 16.2. The van der Waals surface area contributed by atoms with Gasteiger partial charge in [-0.2, -0.15) is 0 Å². The molecule has 0 unspecified atom stereocenters. The molecule has 142 valence electrons. The first-order valence-electron chi connectivity index (χ1n) is 8.85. The number of aryl methyl sites for hydroxylation is 2. The molecule has 26 heavy (non-hydrogen) atoms. The van der Waals surface area contributed by atoms with E-state index in [0.717, 1.165) is 17.0 Å². The number of aromatic nitrogens is 1. The molecule has 0 radical (unpaired) electrons. The molecule has 0 aliphatic rings. The highest BCUT2D eigenvalue weighted by Gasteiger charge is 2.17. The van der Waals surface area contributed by atoms with Gasteiger partial charge in [-0.1, -0.05) is 25.1 Å². The standard InChI is InChI=1S/C20H28N2O4/c1-14(2)12-22(9-10-24-5)20(23)17-7-6-8-18(11-17)25-13-19-15(3)21-26-16(19)4/h6-8,11,14H,9-10,12-13H2,1-5H3. The van der Waals surface area contributed by atoms with Crippen LogP contribution in [0.4, 0.5) is 0 Å². The van der Waals surface area contributed by atoms with Gasteiger partial charge < -0.3 is 18.9 Å². The van der Waals surface area contributed by atoms with Crippen molar-refractivity contribution in [2.24, 2.45) is 5.92 Å². The van der Waals surface area contributed by atoms with Gasteiger partial charge in [0.05, 0.1) is 17.9 Å². The van der Waals surface area contributed by atoms with E-state index in [-0.39, 0.29) is 5.91 Å². The maximum absolute atomic E-state index is 12.9. The van der Waals surface area contributed by atoms with Crippen LogP contribution >= 0.6 is 0 Å². The van der Waals surface area contributed by atoms with Crippen LogP contribution < -0.4 is 4.74 Å². The van der Waals surface area contributed by atoms with Crippen LogP contribution in [0.3, 0.4) is 0 Å². The van der Waals surface area contributed by atoms with E-state index < -0.39 is 0 Å². The Morgan fingerprint density at radius 2 is 2.08 bits per heavy atom. The quantitative estimate of drug-likeness (QED) is 0.683. The molecule has 1 aromatic carbocycles. The molecule has 6 nitrogen and oxygen atoms in total. The normalized spacial score (nSPS) is 11.0. The van der Waals surface area contributed by atoms with Crippen molar-refractivity contribution in [3.63, 3.8) is 0 Å². The summed E-state index contributed by atoms with van der Waals surface area (Å²) < 4.78 is 16.1. The average molecular weight is 360 g/mol. The maximum atomic E-state index is 12.9. The van der Waals surface area contributed by atoms with E-state index in [1.807, 2.05) is 36.9 Å². The minimum absolute atomic E-state index is 0.0152. The lowest BCUT2D eigenvalue weighted by Crippen LogP contribution is -2.36. The van der Waals surface area contributed by atoms with Crippen molar-refractivity contribution >= 4 is 5.91 Å². The Balaban J connectivity index is 2.09. The number of carbonyl (C=O) groups is 1. The highest BCUT2D eigenvalue weighted by atomic mass is 16.5. The molecule has 0 N–H and O–H groups in total. The van der Waals surface area contributed by atoms with Crippen LogP contribution in [0.2, 0.25) is 0 Å². The molecule has 0 spiro atoms. The summed E-state index contributed by atoms with van der Waals surface area (Å²) in [6, 6.07) is 7.27. The number of nitrogens with zero attached hydrogens (tertiary/aromatic N) is 2. The van der Waals surface area contributed by atoms with Crippen LogP contribution in [-0.4, -0.2) is 42.8 Å². The summed E-state index contributed by atoms with van der Waals surface area (Å²) in [5.41, 5.74) is 2.36. The number of methoxy groups -OCH3 is 1. The highest BCUT2D eigenvalue weighted by molar-refractivity contribution is 5.94. The van der Waals surface area contributed by atoms with Gasteiger partial charge in [0.1, 0.15) is 18.1 Å². The second kappa shape index (κ2) is 9.38. The molecule has 0 fully saturated rings. The lowest BCUT2D eigenvalue weighted by Gasteiger charge is -2.24. The van der Waals surface area contributed by atoms with Crippen molar-refractivity contribution in [1.82, 2.24) is 10.1 Å². The zero-order valence-corrected chi connectivity index (χ0v) is 16.2. The van der Waals surface area contributed by atoms with Gasteiger partial charge in [-0.05, 0) is 38.0 Å². The van der Waals surface area contributed by atoms with Crippen molar-refractivity contribution in [3.05, 3.63) is 46.8 Å². The number of hydrogen-bond donors (Lipinski definition) is 0. The Morgan fingerprint density at radius 3 is 2.69 bits per heavy atom. The first-order chi connectivity index (χ1) is 12.4. The van der Waals surface area contributed by atoms with Gasteiger partial charge in [0.2, 0.25) is 0 Å². The predicted octanol–water partition coefficient (Wildman–Crippen LogP) is 3.62. The Morgan fingerprint density at radius 1 is 1.31 bits per heavy atom. The fraction of sp³-hybridized carbons (Fsp3) is 0.500. The number of rotatable bonds is 9. The van der Waals surface area contributed by atoms with E-state index in [9.17, 15) is 4.79 Å². The van der Waals surface area contributed by atoms with E-state index in [1.54, 1.807) is 13.2 Å². The number of ether oxygens (including phenoxy) is 2. The number of benzene rings is 1. The van der Waals surface area contributed by atoms with Crippen molar-refractivity contribution in [3.8, 4) is 5.75 Å². The Hall–Kier alpha value is -2.34. The Labute approximate surface area is 155 Å². The molecule has 0 saturated heterocycles. The molecular formula is C20H28N2O4. The molecule has 0 aliphatic carbocycles. The number of amides is 1. The molecule has 0 aliphatic heterocycles. The number of carbonyl (C=O) groups excluding carboxylic acids is 1. The summed E-state index contributed by atoms with van der Waals surface area (Å²) in [5.74, 6) is 1.76. The monoisotopic (exact) mass is 360 g/mol. The van der Waals surface area contributed by atoms with Gasteiger partial charge in [-0.3, -0.25) is 4.79 Å². The molecule has 0 bridgehead atoms. The molecule has 1 amide bonds. The molecule has 1 aromatic heterocycles. The smallest absolute Gasteiger partial charge is 0.254 e. The minimum Gasteiger partial charge on any atom is -0.489 e. The van der Waals surface area contributed by atoms with Gasteiger partial charge >= 0.3 is 0 Å². The third-order valence-corrected chi connectivity index (χ3v) is 4.08. The molecule has 0 saturated carbocycles. The van der Waals surface area contributed by atoms with E-state index in [4.69, 9.17) is 14.0 Å². The lowest BCUT2D eigenvalue weighted by atomic mass is 10.1. The van der Waals surface area contributed by atoms with E-state index >= 15 is 0 Å². The molecule has 2 aromatic rings. The molecular weight excluding hydrogens is 332 g/mol. The highest BCUT2D eigenvalue weighted by Crippen LogP contribution is 2.19. The average Bonchev–Trinajstić information content (AvgIpc) is 2.94. The van der Waals surface area contributed by atoms with Gasteiger partial charge in [-0.25, -0.2) is 0 Å². The maximum Gasteiger partial charge on any atom is 0.254 e. The van der Waals surface area contributed by atoms with Crippen LogP contribution in [0.25, 0.3) is 0 Å². The fourth-order valence-corrected chi connectivity index (χ4v) is 2.68. The number of hydrogen-bond acceptors (Lipinski definition) is 5. The lowest BCUT2D eigenvalue weighted by molar-refractivity contribution is 0.0672. The Kier molecular flexibility index (Phi) is 7.21. The van der Waals surface area contributed by atoms with E-state index in [2.05, 4.69) is 19.0 Å². The fourth-order valence-electron chi connectivity index (χ4n) is 2.68. The van der Waals surface area contributed by atoms with Crippen molar-refractivity contribution in [1.29, 1.82) is 0 Å². The predicted molar refractivity (Wildman–Crippen MR) is 99.4 cm³/mol. The van der Waals surface area contributed by atoms with Crippen LogP contribution in [0.5, 0.6) is 5.75 Å². The van der Waals surface area contributed by atoms with Crippen LogP contribution in [0, 0.1) is 19.8 Å². The van der Waals surface area contributed by atoms with Crippen molar-refractivity contribution < 1.29 is 18.8 Å². The van der Waals surface area contributed by atoms with E-state index in [0.29, 0.717) is 43.5 Å². The third-order valence-electron chi connectivity index (χ3n) is 4.08. The van der Waals surface area contributed by atoms with Crippen LogP contribution in [0.1, 0.15) is 41.2 Å². The largest absolute Gasteiger partial charge is 0.489 e. The van der Waals surface area contributed by atoms with Crippen LogP contribution in [0.15, 0.2) is 28.8 Å². The summed E-state index contributed by atoms with van der Waals surface area (Å²) in [4.78, 5) is 14.7. The molecule has 1 heterocycles. The first-order valence-corrected chi connectivity index (χ1v) is 8.85. The molecule has 2 rings (SSSR count). The van der Waals surface area contributed by atoms with Gasteiger partial charge in [-0.15, -0.1) is 0 Å². The minimum atomic E-state index is -0.0152. The second-order valence-corrected chi connectivity index (χ2v) is 6.76. The second-order valence-electron chi connectivity index (χ2n) is 6.76. The van der Waals surface area contributed by atoms with E-state index in [1.165, 1.54) is 0 Å². The first kappa shape index (κ1) is 20.0. The van der Waals surface area contributed by atoms with Gasteiger partial charge in [0.15, 0.2) is 0 Å². The van der Waals surface area contributed by atoms with Gasteiger partial charge in [0, 0.05) is 25.8 Å². The van der Waals surface area contributed by atoms with Crippen molar-refractivity contribution in [2.75, 3.05) is 26.8 Å². The zero-order chi connectivity index (χ0) is 19.1. The summed E-state index contributed by atoms with van der Waals surface area (Å²) in [5, 5.41) is 3.93. The summed E-state index contributed by atoms with van der Waals surface area (Å²) in [6.45, 7) is 10.1. The summed E-state index contributed by atoms with van der Waals surface area (Å²) in [6.07, 6.45) is 0. The molecule has 0 atom stereocenters. The van der Waals surface area contributed by atoms with Gasteiger partial charge in [0.25, 0.3) is 5.91 Å². The van der Waals surface area contributed by atoms with Crippen molar-refractivity contribution in [2.45, 2.75) is 34.3 Å².